The van der Waals surface area contributed by atoms with Gasteiger partial charge in [-0.25, -0.2) is 0 Å². The van der Waals surface area contributed by atoms with Gasteiger partial charge in [0.2, 0.25) is 0 Å². The van der Waals surface area contributed by atoms with Crippen molar-refractivity contribution in [1.29, 1.82) is 0 Å². The van der Waals surface area contributed by atoms with Gasteiger partial charge in [0.15, 0.2) is 0 Å². The number of nitrogens with two attached hydrogens (primary N) is 1. The predicted octanol–water partition coefficient (Wildman–Crippen LogP) is 2.44. The van der Waals surface area contributed by atoms with Crippen LogP contribution in [0.2, 0.25) is 0 Å². The lowest BCUT2D eigenvalue weighted by atomic mass is 10.2. The quantitative estimate of drug-likeness (QED) is 0.305. The van der Waals surface area contributed by atoms with Crippen LogP contribution >= 0.6 is 31.9 Å². The van der Waals surface area contributed by atoms with Crippen LogP contribution in [0, 0.1) is 0 Å². The maximum absolute atomic E-state index is 12.5. The fourth-order valence-electron chi connectivity index (χ4n) is 1.68. The summed E-state index contributed by atoms with van der Waals surface area (Å²) in [6, 6.07) is 5.35. The van der Waals surface area contributed by atoms with E-state index in [0.29, 0.717) is 31.7 Å². The molecule has 0 aliphatic carbocycles. The summed E-state index contributed by atoms with van der Waals surface area (Å²) >= 11 is 6.72. The Morgan fingerprint density at radius 2 is 1.95 bits per heavy atom. The van der Waals surface area contributed by atoms with Crippen LogP contribution in [0.25, 0.3) is 0 Å². The Morgan fingerprint density at radius 1 is 1.33 bits per heavy atom. The van der Waals surface area contributed by atoms with E-state index < -0.39 is 0 Å². The number of amidine groups is 1. The predicted molar refractivity (Wildman–Crippen MR) is 87.6 cm³/mol. The van der Waals surface area contributed by atoms with Crippen LogP contribution in [0.3, 0.4) is 0 Å². The Balaban J connectivity index is 2.87. The van der Waals surface area contributed by atoms with Crippen molar-refractivity contribution in [3.8, 4) is 0 Å². The van der Waals surface area contributed by atoms with Gasteiger partial charge in [0.25, 0.3) is 5.91 Å². The number of halogens is 2. The van der Waals surface area contributed by atoms with Gasteiger partial charge in [0.1, 0.15) is 5.84 Å². The highest BCUT2D eigenvalue weighted by Gasteiger charge is 2.17. The standard InChI is InChI=1S/C13H17Br2N3O3/c1-21-5-4-18(3-2-12(16)17-20)13(19)9-6-10(14)8-11(15)7-9/h6-8,20H,2-5H2,1H3,(H2,16,17). The Hall–Kier alpha value is -1.12. The molecule has 1 aromatic rings. The number of nitrogens with zero attached hydrogens (tertiary/aromatic N) is 2. The van der Waals surface area contributed by atoms with Crippen molar-refractivity contribution in [2.45, 2.75) is 6.42 Å². The lowest BCUT2D eigenvalue weighted by Gasteiger charge is -2.22. The van der Waals surface area contributed by atoms with Crippen LogP contribution in [0.4, 0.5) is 0 Å². The van der Waals surface area contributed by atoms with Gasteiger partial charge in [-0.3, -0.25) is 4.79 Å². The first-order valence-corrected chi connectivity index (χ1v) is 7.77. The van der Waals surface area contributed by atoms with E-state index in [0.717, 1.165) is 8.95 Å². The van der Waals surface area contributed by atoms with E-state index in [4.69, 9.17) is 15.7 Å². The van der Waals surface area contributed by atoms with Crippen LogP contribution in [-0.4, -0.2) is 48.7 Å². The minimum Gasteiger partial charge on any atom is -0.409 e. The number of hydrogen-bond donors (Lipinski definition) is 2. The zero-order valence-electron chi connectivity index (χ0n) is 11.6. The van der Waals surface area contributed by atoms with Crippen LogP contribution < -0.4 is 5.73 Å². The van der Waals surface area contributed by atoms with E-state index in [1.165, 1.54) is 0 Å². The van der Waals surface area contributed by atoms with Gasteiger partial charge < -0.3 is 20.6 Å². The van der Waals surface area contributed by atoms with Crippen molar-refractivity contribution in [1.82, 2.24) is 4.90 Å². The van der Waals surface area contributed by atoms with E-state index in [-0.39, 0.29) is 11.7 Å². The van der Waals surface area contributed by atoms with E-state index in [9.17, 15) is 4.79 Å². The molecule has 0 bridgehead atoms. The number of carbonyl (C=O) groups is 1. The second-order valence-electron chi connectivity index (χ2n) is 4.28. The molecule has 0 saturated carbocycles. The van der Waals surface area contributed by atoms with Gasteiger partial charge in [-0.2, -0.15) is 0 Å². The van der Waals surface area contributed by atoms with E-state index in [1.54, 1.807) is 24.1 Å². The molecule has 0 heterocycles. The zero-order chi connectivity index (χ0) is 15.8. The lowest BCUT2D eigenvalue weighted by molar-refractivity contribution is 0.0700. The van der Waals surface area contributed by atoms with Crippen molar-refractivity contribution in [3.05, 3.63) is 32.7 Å². The summed E-state index contributed by atoms with van der Waals surface area (Å²) in [6.45, 7) is 1.19. The van der Waals surface area contributed by atoms with E-state index in [2.05, 4.69) is 37.0 Å². The van der Waals surface area contributed by atoms with E-state index in [1.807, 2.05) is 6.07 Å². The number of oxime groups is 1. The molecule has 0 atom stereocenters. The van der Waals surface area contributed by atoms with Gasteiger partial charge in [-0.05, 0) is 18.2 Å². The molecular weight excluding hydrogens is 406 g/mol. The van der Waals surface area contributed by atoms with Gasteiger partial charge in [0.05, 0.1) is 6.61 Å². The molecule has 1 aromatic carbocycles. The molecule has 0 fully saturated rings. The van der Waals surface area contributed by atoms with Crippen molar-refractivity contribution < 1.29 is 14.7 Å². The van der Waals surface area contributed by atoms with Crippen LogP contribution in [-0.2, 0) is 4.74 Å². The summed E-state index contributed by atoms with van der Waals surface area (Å²) in [5.41, 5.74) is 6.00. The Kier molecular flexibility index (Phi) is 7.69. The van der Waals surface area contributed by atoms with E-state index >= 15 is 0 Å². The van der Waals surface area contributed by atoms with Gasteiger partial charge in [-0.15, -0.1) is 0 Å². The molecule has 0 saturated heterocycles. The molecule has 3 N–H and O–H groups in total. The second kappa shape index (κ2) is 9.01. The average molecular weight is 423 g/mol. The third kappa shape index (κ3) is 6.03. The van der Waals surface area contributed by atoms with Crippen molar-refractivity contribution >= 4 is 43.6 Å². The number of carbonyl (C=O) groups excluding carboxylic acids is 1. The molecule has 1 rings (SSSR count). The number of benzene rings is 1. The first-order valence-electron chi connectivity index (χ1n) is 6.18. The minimum absolute atomic E-state index is 0.0839. The molecule has 0 spiro atoms. The first kappa shape index (κ1) is 17.9. The fraction of sp³-hybridized carbons (Fsp3) is 0.385. The molecule has 0 unspecified atom stereocenters. The molecule has 0 radical (unpaired) electrons. The molecule has 1 amide bonds. The monoisotopic (exact) mass is 421 g/mol. The normalized spacial score (nSPS) is 11.5. The molecule has 0 aliphatic heterocycles. The molecule has 0 aromatic heterocycles. The van der Waals surface area contributed by atoms with Crippen molar-refractivity contribution in [2.75, 3.05) is 26.8 Å². The fourth-order valence-corrected chi connectivity index (χ4v) is 2.97. The van der Waals surface area contributed by atoms with Gasteiger partial charge in [0, 0.05) is 41.1 Å². The third-order valence-corrected chi connectivity index (χ3v) is 3.64. The van der Waals surface area contributed by atoms with Crippen LogP contribution in [0.5, 0.6) is 0 Å². The molecule has 0 aliphatic rings. The lowest BCUT2D eigenvalue weighted by Crippen LogP contribution is -2.36. The topological polar surface area (TPSA) is 88.2 Å². The largest absolute Gasteiger partial charge is 0.409 e. The summed E-state index contributed by atoms with van der Waals surface area (Å²) in [4.78, 5) is 14.1. The summed E-state index contributed by atoms with van der Waals surface area (Å²) in [6.07, 6.45) is 0.293. The number of rotatable bonds is 7. The highest BCUT2D eigenvalue weighted by Crippen LogP contribution is 2.21. The highest BCUT2D eigenvalue weighted by atomic mass is 79.9. The summed E-state index contributed by atoms with van der Waals surface area (Å²) < 4.78 is 6.63. The summed E-state index contributed by atoms with van der Waals surface area (Å²) in [5.74, 6) is -0.0552. The second-order valence-corrected chi connectivity index (χ2v) is 6.12. The average Bonchev–Trinajstić information content (AvgIpc) is 2.45. The summed E-state index contributed by atoms with van der Waals surface area (Å²) in [7, 11) is 1.57. The number of methoxy groups -OCH3 is 1. The highest BCUT2D eigenvalue weighted by molar-refractivity contribution is 9.11. The molecule has 21 heavy (non-hydrogen) atoms. The Labute approximate surface area is 140 Å². The van der Waals surface area contributed by atoms with Gasteiger partial charge in [-0.1, -0.05) is 37.0 Å². The molecule has 116 valence electrons. The zero-order valence-corrected chi connectivity index (χ0v) is 14.7. The maximum atomic E-state index is 12.5. The minimum atomic E-state index is -0.139. The number of hydrogen-bond acceptors (Lipinski definition) is 4. The number of ether oxygens (including phenoxy) is 1. The van der Waals surface area contributed by atoms with Crippen molar-refractivity contribution in [3.63, 3.8) is 0 Å². The molecule has 6 nitrogen and oxygen atoms in total. The van der Waals surface area contributed by atoms with Crippen molar-refractivity contribution in [2.24, 2.45) is 10.9 Å². The third-order valence-electron chi connectivity index (χ3n) is 2.73. The summed E-state index contributed by atoms with van der Waals surface area (Å²) in [5, 5.41) is 11.5. The number of amides is 1. The molecular formula is C13H17Br2N3O3. The SMILES string of the molecule is COCCN(CC/C(N)=N/O)C(=O)c1cc(Br)cc(Br)c1. The van der Waals surface area contributed by atoms with Crippen LogP contribution in [0.1, 0.15) is 16.8 Å². The van der Waals surface area contributed by atoms with Crippen LogP contribution in [0.15, 0.2) is 32.3 Å². The van der Waals surface area contributed by atoms with Gasteiger partial charge >= 0.3 is 0 Å². The first-order chi connectivity index (χ1) is 9.97. The Bertz CT molecular complexity index is 503. The maximum Gasteiger partial charge on any atom is 0.254 e. The molecule has 8 heteroatoms. The smallest absolute Gasteiger partial charge is 0.254 e. The Morgan fingerprint density at radius 3 is 2.48 bits per heavy atom.